The molecule has 0 saturated carbocycles. The molecule has 3 aromatic rings. The molecule has 172 valence electrons. The van der Waals surface area contributed by atoms with E-state index < -0.39 is 9.84 Å². The molecule has 0 bridgehead atoms. The second kappa shape index (κ2) is 8.72. The number of benzene rings is 2. The molecular formula is C24H26N4O4S. The van der Waals surface area contributed by atoms with Crippen LogP contribution in [0, 0.1) is 6.92 Å². The number of piperazine rings is 1. The molecular weight excluding hydrogens is 440 g/mol. The number of aryl methyl sites for hydroxylation is 1. The van der Waals surface area contributed by atoms with E-state index >= 15 is 0 Å². The molecule has 9 heteroatoms. The summed E-state index contributed by atoms with van der Waals surface area (Å²) >= 11 is 0. The summed E-state index contributed by atoms with van der Waals surface area (Å²) < 4.78 is 29.3. The zero-order chi connectivity index (χ0) is 23.0. The minimum Gasteiger partial charge on any atom is -0.416 e. The first-order chi connectivity index (χ1) is 15.9. The Bertz CT molecular complexity index is 1240. The van der Waals surface area contributed by atoms with Crippen molar-refractivity contribution in [2.45, 2.75) is 19.4 Å². The predicted octanol–water partition coefficient (Wildman–Crippen LogP) is 2.66. The van der Waals surface area contributed by atoms with Gasteiger partial charge >= 0.3 is 0 Å². The van der Waals surface area contributed by atoms with Gasteiger partial charge < -0.3 is 9.32 Å². The molecule has 2 saturated heterocycles. The van der Waals surface area contributed by atoms with Crippen LogP contribution < -0.4 is 0 Å². The SMILES string of the molecule is Cc1ccc(-c2nnc(-c3ccc(C(=O)N4CCN(C5CCS(=O)(=O)C5)CC4)cc3)o2)cc1. The summed E-state index contributed by atoms with van der Waals surface area (Å²) in [6.45, 7) is 4.62. The van der Waals surface area contributed by atoms with Gasteiger partial charge in [-0.3, -0.25) is 9.69 Å². The average molecular weight is 467 g/mol. The summed E-state index contributed by atoms with van der Waals surface area (Å²) in [7, 11) is -2.90. The van der Waals surface area contributed by atoms with Crippen LogP contribution in [0.4, 0.5) is 0 Å². The molecule has 2 aromatic carbocycles. The van der Waals surface area contributed by atoms with Crippen molar-refractivity contribution >= 4 is 15.7 Å². The average Bonchev–Trinajstić information content (AvgIpc) is 3.46. The van der Waals surface area contributed by atoms with Crippen LogP contribution in [0.3, 0.4) is 0 Å². The van der Waals surface area contributed by atoms with Gasteiger partial charge in [-0.15, -0.1) is 10.2 Å². The lowest BCUT2D eigenvalue weighted by Gasteiger charge is -2.37. The molecule has 2 fully saturated rings. The largest absolute Gasteiger partial charge is 0.416 e. The first-order valence-corrected chi connectivity index (χ1v) is 12.9. The van der Waals surface area contributed by atoms with E-state index in [0.29, 0.717) is 49.9 Å². The van der Waals surface area contributed by atoms with Gasteiger partial charge in [0.25, 0.3) is 5.91 Å². The van der Waals surface area contributed by atoms with Gasteiger partial charge in [-0.05, 0) is 49.7 Å². The Kier molecular flexibility index (Phi) is 5.76. The first-order valence-electron chi connectivity index (χ1n) is 11.1. The van der Waals surface area contributed by atoms with Crippen molar-refractivity contribution in [3.8, 4) is 22.9 Å². The number of amides is 1. The van der Waals surface area contributed by atoms with E-state index in [9.17, 15) is 13.2 Å². The maximum atomic E-state index is 13.0. The third kappa shape index (κ3) is 4.69. The number of carbonyl (C=O) groups excluding carboxylic acids is 1. The van der Waals surface area contributed by atoms with Gasteiger partial charge in [0.15, 0.2) is 9.84 Å². The van der Waals surface area contributed by atoms with Crippen LogP contribution in [0.1, 0.15) is 22.3 Å². The smallest absolute Gasteiger partial charge is 0.253 e. The van der Waals surface area contributed by atoms with E-state index in [1.165, 1.54) is 0 Å². The van der Waals surface area contributed by atoms with Gasteiger partial charge in [0.2, 0.25) is 11.8 Å². The topological polar surface area (TPSA) is 96.6 Å². The number of rotatable bonds is 4. The molecule has 0 N–H and O–H groups in total. The third-order valence-electron chi connectivity index (χ3n) is 6.43. The van der Waals surface area contributed by atoms with Crippen molar-refractivity contribution in [2.75, 3.05) is 37.7 Å². The Morgan fingerprint density at radius 3 is 2.03 bits per heavy atom. The highest BCUT2D eigenvalue weighted by Crippen LogP contribution is 2.25. The fraction of sp³-hybridized carbons (Fsp3) is 0.375. The molecule has 3 heterocycles. The van der Waals surface area contributed by atoms with E-state index in [0.717, 1.165) is 16.7 Å². The van der Waals surface area contributed by atoms with E-state index in [1.54, 1.807) is 12.1 Å². The van der Waals surface area contributed by atoms with Gasteiger partial charge in [-0.2, -0.15) is 0 Å². The maximum Gasteiger partial charge on any atom is 0.253 e. The Labute approximate surface area is 193 Å². The van der Waals surface area contributed by atoms with Crippen LogP contribution in [-0.4, -0.2) is 78.0 Å². The van der Waals surface area contributed by atoms with Gasteiger partial charge in [0.05, 0.1) is 11.5 Å². The quantitative estimate of drug-likeness (QED) is 0.583. The molecule has 33 heavy (non-hydrogen) atoms. The number of hydrogen-bond acceptors (Lipinski definition) is 7. The first kappa shape index (κ1) is 21.8. The molecule has 0 spiro atoms. The highest BCUT2D eigenvalue weighted by molar-refractivity contribution is 7.91. The molecule has 1 atom stereocenters. The number of nitrogens with zero attached hydrogens (tertiary/aromatic N) is 4. The molecule has 5 rings (SSSR count). The van der Waals surface area contributed by atoms with Crippen LogP contribution in [0.2, 0.25) is 0 Å². The van der Waals surface area contributed by atoms with Crippen molar-refractivity contribution in [2.24, 2.45) is 0 Å². The molecule has 8 nitrogen and oxygen atoms in total. The lowest BCUT2D eigenvalue weighted by atomic mass is 10.1. The molecule has 0 radical (unpaired) electrons. The van der Waals surface area contributed by atoms with Gasteiger partial charge in [0.1, 0.15) is 0 Å². The Morgan fingerprint density at radius 1 is 0.909 bits per heavy atom. The highest BCUT2D eigenvalue weighted by atomic mass is 32.2. The third-order valence-corrected chi connectivity index (χ3v) is 8.18. The van der Waals surface area contributed by atoms with Crippen molar-refractivity contribution in [3.05, 3.63) is 59.7 Å². The minimum absolute atomic E-state index is 0.0221. The van der Waals surface area contributed by atoms with Crippen LogP contribution in [0.5, 0.6) is 0 Å². The van der Waals surface area contributed by atoms with Gasteiger partial charge in [0, 0.05) is 48.9 Å². The summed E-state index contributed by atoms with van der Waals surface area (Å²) in [5.74, 6) is 1.35. The summed E-state index contributed by atoms with van der Waals surface area (Å²) in [6, 6.07) is 15.2. The van der Waals surface area contributed by atoms with Crippen LogP contribution in [0.25, 0.3) is 22.9 Å². The lowest BCUT2D eigenvalue weighted by molar-refractivity contribution is 0.0588. The number of carbonyl (C=O) groups is 1. The maximum absolute atomic E-state index is 13.0. The highest BCUT2D eigenvalue weighted by Gasteiger charge is 2.34. The fourth-order valence-electron chi connectivity index (χ4n) is 4.44. The van der Waals surface area contributed by atoms with Gasteiger partial charge in [-0.1, -0.05) is 17.7 Å². The van der Waals surface area contributed by atoms with Crippen LogP contribution in [-0.2, 0) is 9.84 Å². The fourth-order valence-corrected chi connectivity index (χ4v) is 6.21. The van der Waals surface area contributed by atoms with Crippen LogP contribution in [0.15, 0.2) is 52.9 Å². The summed E-state index contributed by atoms with van der Waals surface area (Å²) in [6.07, 6.45) is 0.693. The molecule has 0 aliphatic carbocycles. The second-order valence-corrected chi connectivity index (χ2v) is 11.0. The van der Waals surface area contributed by atoms with Crippen molar-refractivity contribution in [1.82, 2.24) is 20.0 Å². The summed E-state index contributed by atoms with van der Waals surface area (Å²) in [4.78, 5) is 17.0. The molecule has 1 amide bonds. The zero-order valence-electron chi connectivity index (χ0n) is 18.5. The second-order valence-electron chi connectivity index (χ2n) is 8.74. The normalized spacial score (nSPS) is 20.8. The molecule has 2 aliphatic heterocycles. The monoisotopic (exact) mass is 466 g/mol. The lowest BCUT2D eigenvalue weighted by Crippen LogP contribution is -2.52. The van der Waals surface area contributed by atoms with E-state index in [4.69, 9.17) is 4.42 Å². The van der Waals surface area contributed by atoms with Gasteiger partial charge in [-0.25, -0.2) is 8.42 Å². The predicted molar refractivity (Wildman–Crippen MR) is 124 cm³/mol. The van der Waals surface area contributed by atoms with E-state index in [1.807, 2.05) is 48.2 Å². The van der Waals surface area contributed by atoms with Crippen molar-refractivity contribution in [1.29, 1.82) is 0 Å². The number of hydrogen-bond donors (Lipinski definition) is 0. The Morgan fingerprint density at radius 2 is 1.48 bits per heavy atom. The Balaban J connectivity index is 1.21. The van der Waals surface area contributed by atoms with E-state index in [2.05, 4.69) is 15.1 Å². The Hall–Kier alpha value is -3.04. The van der Waals surface area contributed by atoms with Crippen molar-refractivity contribution < 1.29 is 17.6 Å². The number of sulfone groups is 1. The zero-order valence-corrected chi connectivity index (χ0v) is 19.3. The summed E-state index contributed by atoms with van der Waals surface area (Å²) in [5.41, 5.74) is 3.38. The standard InChI is InChI=1S/C24H26N4O4S/c1-17-2-4-18(5-3-17)22-25-26-23(32-22)19-6-8-20(9-7-19)24(29)28-13-11-27(12-14-28)21-10-15-33(30,31)16-21/h2-9,21H,10-16H2,1H3. The minimum atomic E-state index is -2.90. The van der Waals surface area contributed by atoms with Crippen molar-refractivity contribution in [3.63, 3.8) is 0 Å². The molecule has 2 aliphatic rings. The molecule has 1 unspecified atom stereocenters. The van der Waals surface area contributed by atoms with Crippen LogP contribution >= 0.6 is 0 Å². The summed E-state index contributed by atoms with van der Waals surface area (Å²) in [5, 5.41) is 8.28. The molecule has 1 aromatic heterocycles. The van der Waals surface area contributed by atoms with E-state index in [-0.39, 0.29) is 23.5 Å². The number of aromatic nitrogens is 2.